The maximum atomic E-state index is 12.6. The van der Waals surface area contributed by atoms with Gasteiger partial charge in [0, 0.05) is 49.6 Å². The first-order chi connectivity index (χ1) is 16.1. The van der Waals surface area contributed by atoms with E-state index in [-0.39, 0.29) is 11.6 Å². The van der Waals surface area contributed by atoms with Crippen LogP contribution in [0.4, 0.5) is 0 Å². The van der Waals surface area contributed by atoms with Crippen molar-refractivity contribution in [2.24, 2.45) is 18.9 Å². The van der Waals surface area contributed by atoms with Crippen molar-refractivity contribution in [3.8, 4) is 16.8 Å². The molecular weight excluding hydrogens is 414 g/mol. The summed E-state index contributed by atoms with van der Waals surface area (Å²) in [6.07, 6.45) is 5.78. The van der Waals surface area contributed by atoms with Gasteiger partial charge in [-0.1, -0.05) is 18.2 Å². The van der Waals surface area contributed by atoms with E-state index in [9.17, 15) is 9.59 Å². The van der Waals surface area contributed by atoms with Gasteiger partial charge < -0.3 is 9.47 Å². The monoisotopic (exact) mass is 441 g/mol. The third-order valence-corrected chi connectivity index (χ3v) is 7.08. The van der Waals surface area contributed by atoms with Gasteiger partial charge in [-0.05, 0) is 66.6 Å². The van der Waals surface area contributed by atoms with Gasteiger partial charge in [-0.2, -0.15) is 5.10 Å². The molecule has 0 spiro atoms. The predicted molar refractivity (Wildman–Crippen MR) is 127 cm³/mol. The summed E-state index contributed by atoms with van der Waals surface area (Å²) in [4.78, 5) is 26.9. The average Bonchev–Trinajstić information content (AvgIpc) is 3.32. The molecule has 2 aromatic carbocycles. The molecule has 1 atom stereocenters. The summed E-state index contributed by atoms with van der Waals surface area (Å²) in [5.41, 5.74) is 4.03. The molecule has 1 saturated carbocycles. The Morgan fingerprint density at radius 2 is 1.85 bits per heavy atom. The van der Waals surface area contributed by atoms with Crippen LogP contribution in [0, 0.1) is 11.8 Å². The summed E-state index contributed by atoms with van der Waals surface area (Å²) in [5, 5.41) is 8.13. The summed E-state index contributed by atoms with van der Waals surface area (Å²) in [5.74, 6) is 1.62. The van der Waals surface area contributed by atoms with Crippen LogP contribution in [0.25, 0.3) is 27.7 Å². The van der Waals surface area contributed by atoms with Crippen molar-refractivity contribution in [1.82, 2.24) is 24.2 Å². The van der Waals surface area contributed by atoms with E-state index in [0.29, 0.717) is 18.2 Å². The molecule has 2 aliphatic rings. The summed E-state index contributed by atoms with van der Waals surface area (Å²) < 4.78 is 3.77. The molecule has 4 aromatic rings. The molecular formula is C26H27N5O2. The normalized spacial score (nSPS) is 18.3. The van der Waals surface area contributed by atoms with Gasteiger partial charge in [0.15, 0.2) is 0 Å². The lowest BCUT2D eigenvalue weighted by atomic mass is 10.0. The van der Waals surface area contributed by atoms with Crippen molar-refractivity contribution in [2.45, 2.75) is 25.7 Å². The zero-order chi connectivity index (χ0) is 22.5. The number of hydrogen-bond donors (Lipinski definition) is 1. The number of aromatic nitrogens is 4. The lowest BCUT2D eigenvalue weighted by molar-refractivity contribution is -0.131. The molecule has 7 nitrogen and oxygen atoms in total. The van der Waals surface area contributed by atoms with E-state index in [1.54, 1.807) is 4.57 Å². The van der Waals surface area contributed by atoms with Crippen molar-refractivity contribution in [3.05, 3.63) is 71.0 Å². The van der Waals surface area contributed by atoms with E-state index in [0.717, 1.165) is 55.0 Å². The fraction of sp³-hybridized carbons (Fsp3) is 0.346. The van der Waals surface area contributed by atoms with Gasteiger partial charge >= 0.3 is 5.69 Å². The first kappa shape index (κ1) is 20.0. The van der Waals surface area contributed by atoms with Crippen LogP contribution in [0.15, 0.2) is 59.5 Å². The summed E-state index contributed by atoms with van der Waals surface area (Å²) in [6.45, 7) is 1.58. The number of nitrogens with one attached hydrogen (secondary N) is 1. The number of carbonyl (C=O) groups is 1. The largest absolute Gasteiger partial charge is 0.351 e. The molecule has 1 amide bonds. The van der Waals surface area contributed by atoms with Crippen LogP contribution in [0.3, 0.4) is 0 Å². The van der Waals surface area contributed by atoms with Gasteiger partial charge in [0.2, 0.25) is 5.91 Å². The summed E-state index contributed by atoms with van der Waals surface area (Å²) in [6, 6.07) is 16.6. The molecule has 1 aliphatic carbocycles. The molecule has 2 aromatic heterocycles. The zero-order valence-electron chi connectivity index (χ0n) is 18.7. The van der Waals surface area contributed by atoms with Crippen molar-refractivity contribution in [3.63, 3.8) is 0 Å². The molecule has 2 fully saturated rings. The number of likely N-dealkylation sites (tertiary alicyclic amines) is 1. The minimum atomic E-state index is -0.229. The van der Waals surface area contributed by atoms with E-state index in [1.165, 1.54) is 10.9 Å². The van der Waals surface area contributed by atoms with Crippen molar-refractivity contribution in [1.29, 1.82) is 0 Å². The summed E-state index contributed by atoms with van der Waals surface area (Å²) >= 11 is 0. The highest BCUT2D eigenvalue weighted by Crippen LogP contribution is 2.33. The highest BCUT2D eigenvalue weighted by atomic mass is 16.2. The molecule has 3 heterocycles. The number of benzene rings is 2. The maximum absolute atomic E-state index is 12.6. The van der Waals surface area contributed by atoms with Gasteiger partial charge in [-0.15, -0.1) is 0 Å². The molecule has 168 valence electrons. The standard InChI is InChI=1S/C26H27N5O2/c1-29-12-11-21-15-20(6-9-23(21)29)18-4-7-22(8-5-18)31-24(27-28-26(31)33)14-17-10-13-30(16-17)25(32)19-2-3-19/h4-9,11-12,15,17,19H,2-3,10,13-14,16H2,1H3,(H,28,33)/t17-/m0/s1. The Bertz CT molecular complexity index is 1390. The van der Waals surface area contributed by atoms with Crippen LogP contribution in [0.5, 0.6) is 0 Å². The molecule has 6 rings (SSSR count). The van der Waals surface area contributed by atoms with Gasteiger partial charge in [0.1, 0.15) is 5.82 Å². The molecule has 33 heavy (non-hydrogen) atoms. The van der Waals surface area contributed by atoms with E-state index in [2.05, 4.69) is 45.2 Å². The first-order valence-corrected chi connectivity index (χ1v) is 11.7. The van der Waals surface area contributed by atoms with E-state index >= 15 is 0 Å². The molecule has 1 saturated heterocycles. The second-order valence-corrected chi connectivity index (χ2v) is 9.44. The maximum Gasteiger partial charge on any atom is 0.347 e. The van der Waals surface area contributed by atoms with Gasteiger partial charge in [-0.3, -0.25) is 4.79 Å². The fourth-order valence-corrected chi connectivity index (χ4v) is 5.04. The lowest BCUT2D eigenvalue weighted by Crippen LogP contribution is -2.30. The smallest absolute Gasteiger partial charge is 0.347 e. The quantitative estimate of drug-likeness (QED) is 0.515. The molecule has 1 N–H and O–H groups in total. The minimum Gasteiger partial charge on any atom is -0.351 e. The third-order valence-electron chi connectivity index (χ3n) is 7.08. The number of nitrogens with zero attached hydrogens (tertiary/aromatic N) is 4. The summed E-state index contributed by atoms with van der Waals surface area (Å²) in [7, 11) is 2.05. The second-order valence-electron chi connectivity index (χ2n) is 9.44. The van der Waals surface area contributed by atoms with Gasteiger partial charge in [-0.25, -0.2) is 14.5 Å². The number of fused-ring (bicyclic) bond motifs is 1. The Hall–Kier alpha value is -3.61. The third kappa shape index (κ3) is 3.67. The van der Waals surface area contributed by atoms with E-state index in [4.69, 9.17) is 0 Å². The van der Waals surface area contributed by atoms with Crippen LogP contribution in [-0.2, 0) is 18.3 Å². The Labute approximate surface area is 191 Å². The first-order valence-electron chi connectivity index (χ1n) is 11.7. The SMILES string of the molecule is Cn1ccc2cc(-c3ccc(-n4c(C[C@@H]5CCN(C(=O)C6CC6)C5)n[nH]c4=O)cc3)ccc21. The van der Waals surface area contributed by atoms with Crippen molar-refractivity contribution in [2.75, 3.05) is 13.1 Å². The minimum absolute atomic E-state index is 0.229. The van der Waals surface area contributed by atoms with Gasteiger partial charge in [0.05, 0.1) is 5.69 Å². The van der Waals surface area contributed by atoms with Crippen LogP contribution in [-0.4, -0.2) is 43.2 Å². The molecule has 0 unspecified atom stereocenters. The van der Waals surface area contributed by atoms with Gasteiger partial charge in [0.25, 0.3) is 0 Å². The predicted octanol–water partition coefficient (Wildman–Crippen LogP) is 3.52. The van der Waals surface area contributed by atoms with Crippen molar-refractivity contribution >= 4 is 16.8 Å². The highest BCUT2D eigenvalue weighted by molar-refractivity contribution is 5.85. The number of amides is 1. The number of aryl methyl sites for hydroxylation is 1. The lowest BCUT2D eigenvalue weighted by Gasteiger charge is -2.16. The number of H-pyrrole nitrogens is 1. The van der Waals surface area contributed by atoms with Crippen LogP contribution < -0.4 is 5.69 Å². The van der Waals surface area contributed by atoms with Crippen LogP contribution in [0.1, 0.15) is 25.1 Å². The Morgan fingerprint density at radius 3 is 2.64 bits per heavy atom. The number of rotatable bonds is 5. The Morgan fingerprint density at radius 1 is 1.06 bits per heavy atom. The van der Waals surface area contributed by atoms with E-state index < -0.39 is 0 Å². The molecule has 7 heteroatoms. The second kappa shape index (κ2) is 7.76. The topological polar surface area (TPSA) is 75.9 Å². The van der Waals surface area contributed by atoms with Crippen LogP contribution in [0.2, 0.25) is 0 Å². The zero-order valence-corrected chi connectivity index (χ0v) is 18.7. The van der Waals surface area contributed by atoms with Crippen molar-refractivity contribution < 1.29 is 4.79 Å². The van der Waals surface area contributed by atoms with Crippen LogP contribution >= 0.6 is 0 Å². The van der Waals surface area contributed by atoms with E-state index in [1.807, 2.05) is 36.2 Å². The Balaban J connectivity index is 1.22. The number of aromatic amines is 1. The molecule has 0 radical (unpaired) electrons. The number of hydrogen-bond acceptors (Lipinski definition) is 3. The Kier molecular flexibility index (Phi) is 4.71. The molecule has 0 bridgehead atoms. The number of carbonyl (C=O) groups excluding carboxylic acids is 1. The average molecular weight is 442 g/mol. The highest BCUT2D eigenvalue weighted by Gasteiger charge is 2.36. The fourth-order valence-electron chi connectivity index (χ4n) is 5.04. The molecule has 1 aliphatic heterocycles.